The van der Waals surface area contributed by atoms with E-state index in [-0.39, 0.29) is 0 Å². The van der Waals surface area contributed by atoms with Gasteiger partial charge in [0.05, 0.1) is 0 Å². The second kappa shape index (κ2) is 4.50. The van der Waals surface area contributed by atoms with E-state index in [1.165, 1.54) is 4.90 Å². The van der Waals surface area contributed by atoms with Crippen LogP contribution in [0.3, 0.4) is 0 Å². The quantitative estimate of drug-likeness (QED) is 0.724. The number of nitrogens with zero attached hydrogens (tertiary/aromatic N) is 1. The van der Waals surface area contributed by atoms with Crippen LogP contribution in [0.25, 0.3) is 0 Å². The second-order valence-electron chi connectivity index (χ2n) is 3.03. The van der Waals surface area contributed by atoms with Gasteiger partial charge >= 0.3 is 6.09 Å². The highest BCUT2D eigenvalue weighted by molar-refractivity contribution is 5.86. The predicted molar refractivity (Wildman–Crippen MR) is 56.5 cm³/mol. The lowest BCUT2D eigenvalue weighted by atomic mass is 10.2. The zero-order valence-corrected chi connectivity index (χ0v) is 8.10. The third-order valence-electron chi connectivity index (χ3n) is 1.88. The third kappa shape index (κ3) is 2.39. The monoisotopic (exact) mass is 194 g/mol. The fourth-order valence-electron chi connectivity index (χ4n) is 1.21. The Morgan fingerprint density at radius 3 is 2.43 bits per heavy atom. The van der Waals surface area contributed by atoms with Crippen LogP contribution in [-0.2, 0) is 0 Å². The zero-order chi connectivity index (χ0) is 10.6. The fourth-order valence-corrected chi connectivity index (χ4v) is 1.21. The number of rotatable bonds is 3. The van der Waals surface area contributed by atoms with Crippen molar-refractivity contribution in [3.63, 3.8) is 0 Å². The molecule has 3 N–H and O–H groups in total. The van der Waals surface area contributed by atoms with Crippen molar-refractivity contribution in [2.75, 3.05) is 17.2 Å². The van der Waals surface area contributed by atoms with Crippen LogP contribution in [0.4, 0.5) is 16.2 Å². The van der Waals surface area contributed by atoms with Gasteiger partial charge in [-0.2, -0.15) is 0 Å². The molecule has 0 saturated heterocycles. The van der Waals surface area contributed by atoms with Crippen molar-refractivity contribution in [2.45, 2.75) is 13.3 Å². The lowest BCUT2D eigenvalue weighted by Crippen LogP contribution is -2.29. The highest BCUT2D eigenvalue weighted by Crippen LogP contribution is 2.16. The van der Waals surface area contributed by atoms with Crippen LogP contribution >= 0.6 is 0 Å². The third-order valence-corrected chi connectivity index (χ3v) is 1.88. The van der Waals surface area contributed by atoms with E-state index < -0.39 is 6.09 Å². The number of amides is 1. The Labute approximate surface area is 82.9 Å². The molecule has 4 nitrogen and oxygen atoms in total. The number of carboxylic acid groups (broad SMARTS) is 1. The van der Waals surface area contributed by atoms with Gasteiger partial charge in [0.2, 0.25) is 0 Å². The van der Waals surface area contributed by atoms with Crippen LogP contribution in [0.2, 0.25) is 0 Å². The van der Waals surface area contributed by atoms with Gasteiger partial charge in [0.15, 0.2) is 0 Å². The first-order chi connectivity index (χ1) is 6.65. The summed E-state index contributed by atoms with van der Waals surface area (Å²) in [7, 11) is 0. The van der Waals surface area contributed by atoms with Crippen molar-refractivity contribution < 1.29 is 9.90 Å². The summed E-state index contributed by atoms with van der Waals surface area (Å²) in [5.74, 6) is 0. The van der Waals surface area contributed by atoms with E-state index in [1.54, 1.807) is 24.3 Å². The van der Waals surface area contributed by atoms with Crippen LogP contribution in [0.15, 0.2) is 24.3 Å². The molecule has 0 spiro atoms. The number of nitrogens with two attached hydrogens (primary N) is 1. The summed E-state index contributed by atoms with van der Waals surface area (Å²) in [6, 6.07) is 6.81. The van der Waals surface area contributed by atoms with E-state index in [0.29, 0.717) is 17.9 Å². The van der Waals surface area contributed by atoms with Crippen LogP contribution < -0.4 is 10.6 Å². The van der Waals surface area contributed by atoms with Crippen molar-refractivity contribution in [1.29, 1.82) is 0 Å². The average Bonchev–Trinajstić information content (AvgIpc) is 2.15. The van der Waals surface area contributed by atoms with Crippen molar-refractivity contribution in [3.05, 3.63) is 24.3 Å². The summed E-state index contributed by atoms with van der Waals surface area (Å²) in [5, 5.41) is 8.92. The standard InChI is InChI=1S/C10H14N2O2/c1-2-7-12(10(13)14)9-5-3-8(11)4-6-9/h3-6H,2,7,11H2,1H3,(H,13,14). The summed E-state index contributed by atoms with van der Waals surface area (Å²) in [6.45, 7) is 2.44. The molecule has 0 aliphatic heterocycles. The normalized spacial score (nSPS) is 9.79. The molecule has 0 radical (unpaired) electrons. The molecule has 4 heteroatoms. The Balaban J connectivity index is 2.87. The molecule has 0 aromatic heterocycles. The molecule has 0 aliphatic rings. The number of nitrogen functional groups attached to an aromatic ring is 1. The summed E-state index contributed by atoms with van der Waals surface area (Å²) in [4.78, 5) is 12.2. The van der Waals surface area contributed by atoms with Gasteiger partial charge in [-0.15, -0.1) is 0 Å². The highest BCUT2D eigenvalue weighted by atomic mass is 16.4. The largest absolute Gasteiger partial charge is 0.465 e. The molecule has 0 atom stereocenters. The van der Waals surface area contributed by atoms with E-state index in [1.807, 2.05) is 6.92 Å². The van der Waals surface area contributed by atoms with Gasteiger partial charge in [-0.3, -0.25) is 4.90 Å². The molecule has 76 valence electrons. The van der Waals surface area contributed by atoms with E-state index in [4.69, 9.17) is 10.8 Å². The van der Waals surface area contributed by atoms with Gasteiger partial charge in [-0.1, -0.05) is 6.92 Å². The van der Waals surface area contributed by atoms with Crippen molar-refractivity contribution >= 4 is 17.5 Å². The van der Waals surface area contributed by atoms with Crippen LogP contribution in [0.5, 0.6) is 0 Å². The Bertz CT molecular complexity index is 308. The Kier molecular flexibility index (Phi) is 3.34. The lowest BCUT2D eigenvalue weighted by molar-refractivity contribution is 0.202. The molecule has 0 fully saturated rings. The molecule has 0 unspecified atom stereocenters. The van der Waals surface area contributed by atoms with Crippen LogP contribution in [-0.4, -0.2) is 17.7 Å². The summed E-state index contributed by atoms with van der Waals surface area (Å²) in [5.41, 5.74) is 6.81. The average molecular weight is 194 g/mol. The number of carbonyl (C=O) groups is 1. The molecular formula is C10H14N2O2. The maximum Gasteiger partial charge on any atom is 0.411 e. The molecule has 0 heterocycles. The highest BCUT2D eigenvalue weighted by Gasteiger charge is 2.11. The van der Waals surface area contributed by atoms with Gasteiger partial charge in [0.25, 0.3) is 0 Å². The van der Waals surface area contributed by atoms with E-state index in [9.17, 15) is 4.79 Å². The minimum atomic E-state index is -0.934. The number of benzene rings is 1. The van der Waals surface area contributed by atoms with E-state index in [0.717, 1.165) is 6.42 Å². The van der Waals surface area contributed by atoms with Crippen molar-refractivity contribution in [2.24, 2.45) is 0 Å². The van der Waals surface area contributed by atoms with E-state index >= 15 is 0 Å². The lowest BCUT2D eigenvalue weighted by Gasteiger charge is -2.18. The minimum absolute atomic E-state index is 0.499. The summed E-state index contributed by atoms with van der Waals surface area (Å²) < 4.78 is 0. The van der Waals surface area contributed by atoms with Crippen LogP contribution in [0.1, 0.15) is 13.3 Å². The minimum Gasteiger partial charge on any atom is -0.465 e. The van der Waals surface area contributed by atoms with E-state index in [2.05, 4.69) is 0 Å². The van der Waals surface area contributed by atoms with Crippen molar-refractivity contribution in [3.8, 4) is 0 Å². The Morgan fingerprint density at radius 1 is 1.43 bits per heavy atom. The Morgan fingerprint density at radius 2 is 2.00 bits per heavy atom. The summed E-state index contributed by atoms with van der Waals surface area (Å²) >= 11 is 0. The smallest absolute Gasteiger partial charge is 0.411 e. The van der Waals surface area contributed by atoms with Gasteiger partial charge in [0, 0.05) is 17.9 Å². The molecule has 0 saturated carbocycles. The second-order valence-corrected chi connectivity index (χ2v) is 3.03. The number of hydrogen-bond acceptors (Lipinski definition) is 2. The molecule has 0 aliphatic carbocycles. The number of anilines is 2. The van der Waals surface area contributed by atoms with Gasteiger partial charge in [-0.05, 0) is 30.7 Å². The van der Waals surface area contributed by atoms with Gasteiger partial charge < -0.3 is 10.8 Å². The molecule has 1 amide bonds. The maximum absolute atomic E-state index is 10.9. The van der Waals surface area contributed by atoms with Gasteiger partial charge in [-0.25, -0.2) is 4.79 Å². The first-order valence-electron chi connectivity index (χ1n) is 4.51. The first-order valence-corrected chi connectivity index (χ1v) is 4.51. The maximum atomic E-state index is 10.9. The topological polar surface area (TPSA) is 66.6 Å². The molecule has 1 aromatic rings. The van der Waals surface area contributed by atoms with Crippen molar-refractivity contribution in [1.82, 2.24) is 0 Å². The number of hydrogen-bond donors (Lipinski definition) is 2. The Hall–Kier alpha value is -1.71. The zero-order valence-electron chi connectivity index (χ0n) is 8.10. The molecular weight excluding hydrogens is 180 g/mol. The fraction of sp³-hybridized carbons (Fsp3) is 0.300. The molecule has 0 bridgehead atoms. The predicted octanol–water partition coefficient (Wildman–Crippen LogP) is 2.16. The first kappa shape index (κ1) is 10.4. The molecule has 1 rings (SSSR count). The molecule has 1 aromatic carbocycles. The molecule has 14 heavy (non-hydrogen) atoms. The van der Waals surface area contributed by atoms with Crippen LogP contribution in [0, 0.1) is 0 Å². The van der Waals surface area contributed by atoms with Gasteiger partial charge in [0.1, 0.15) is 0 Å². The summed E-state index contributed by atoms with van der Waals surface area (Å²) in [6.07, 6.45) is -0.145. The SMILES string of the molecule is CCCN(C(=O)O)c1ccc(N)cc1.